The lowest BCUT2D eigenvalue weighted by Crippen LogP contribution is -2.12. The monoisotopic (exact) mass is 273 g/mol. The Morgan fingerprint density at radius 2 is 2.25 bits per heavy atom. The Hall–Kier alpha value is -1.88. The van der Waals surface area contributed by atoms with E-state index in [2.05, 4.69) is 23.9 Å². The molecule has 0 aliphatic carbocycles. The van der Waals surface area contributed by atoms with Crippen molar-refractivity contribution in [2.45, 2.75) is 38.8 Å². The molecule has 0 bridgehead atoms. The quantitative estimate of drug-likeness (QED) is 0.926. The van der Waals surface area contributed by atoms with Crippen molar-refractivity contribution in [2.24, 2.45) is 0 Å². The molecule has 1 aliphatic rings. The van der Waals surface area contributed by atoms with Crippen LogP contribution < -0.4 is 4.74 Å². The number of fused-ring (bicyclic) bond motifs is 1. The van der Waals surface area contributed by atoms with Crippen molar-refractivity contribution in [3.8, 4) is 5.75 Å². The first-order valence-electron chi connectivity index (χ1n) is 6.97. The van der Waals surface area contributed by atoms with Crippen LogP contribution >= 0.6 is 0 Å². The van der Waals surface area contributed by atoms with Crippen LogP contribution in [0.4, 0.5) is 0 Å². The first-order valence-corrected chi connectivity index (χ1v) is 6.97. The molecule has 1 atom stereocenters. The molecule has 1 aliphatic heterocycles. The maximum Gasteiger partial charge on any atom is 0.138 e. The number of aliphatic hydroxyl groups excluding tert-OH is 1. The number of hydrogen-bond acceptors (Lipinski definition) is 4. The second-order valence-corrected chi connectivity index (χ2v) is 5.40. The third-order valence-electron chi connectivity index (χ3n) is 3.61. The Labute approximate surface area is 118 Å². The van der Waals surface area contributed by atoms with Crippen LogP contribution in [0.2, 0.25) is 0 Å². The molecule has 0 amide bonds. The molecule has 20 heavy (non-hydrogen) atoms. The van der Waals surface area contributed by atoms with E-state index in [0.29, 0.717) is 6.42 Å². The van der Waals surface area contributed by atoms with Gasteiger partial charge in [0, 0.05) is 18.9 Å². The lowest BCUT2D eigenvalue weighted by atomic mass is 10.0. The van der Waals surface area contributed by atoms with Crippen molar-refractivity contribution in [2.75, 3.05) is 6.61 Å². The van der Waals surface area contributed by atoms with Gasteiger partial charge in [0.25, 0.3) is 0 Å². The predicted molar refractivity (Wildman–Crippen MR) is 74.7 cm³/mol. The van der Waals surface area contributed by atoms with Crippen LogP contribution in [0.5, 0.6) is 5.75 Å². The van der Waals surface area contributed by atoms with Gasteiger partial charge >= 0.3 is 0 Å². The van der Waals surface area contributed by atoms with Crippen molar-refractivity contribution in [1.82, 2.24) is 14.8 Å². The fourth-order valence-electron chi connectivity index (χ4n) is 2.56. The molecule has 106 valence electrons. The number of aromatic nitrogens is 3. The molecule has 0 saturated heterocycles. The Morgan fingerprint density at radius 1 is 1.40 bits per heavy atom. The van der Waals surface area contributed by atoms with E-state index in [-0.39, 0.29) is 6.04 Å². The normalized spacial score (nSPS) is 15.2. The minimum Gasteiger partial charge on any atom is -0.493 e. The molecule has 5 heteroatoms. The smallest absolute Gasteiger partial charge is 0.138 e. The van der Waals surface area contributed by atoms with Gasteiger partial charge in [-0.25, -0.2) is 9.67 Å². The van der Waals surface area contributed by atoms with Crippen LogP contribution in [0.1, 0.15) is 42.9 Å². The molecule has 5 nitrogen and oxygen atoms in total. The van der Waals surface area contributed by atoms with E-state index in [1.807, 2.05) is 22.9 Å². The summed E-state index contributed by atoms with van der Waals surface area (Å²) in [4.78, 5) is 4.24. The van der Waals surface area contributed by atoms with E-state index in [0.717, 1.165) is 30.2 Å². The van der Waals surface area contributed by atoms with E-state index >= 15 is 0 Å². The van der Waals surface area contributed by atoms with Crippen LogP contribution in [0.25, 0.3) is 0 Å². The molecule has 1 aromatic carbocycles. The minimum absolute atomic E-state index is 0.244. The van der Waals surface area contributed by atoms with Gasteiger partial charge in [-0.2, -0.15) is 5.10 Å². The maximum atomic E-state index is 10.4. The number of nitrogens with zero attached hydrogens (tertiary/aromatic N) is 3. The molecule has 0 spiro atoms. The molecule has 2 aromatic rings. The molecule has 1 aromatic heterocycles. The van der Waals surface area contributed by atoms with Crippen molar-refractivity contribution in [3.05, 3.63) is 41.5 Å². The van der Waals surface area contributed by atoms with Gasteiger partial charge in [0.15, 0.2) is 0 Å². The van der Waals surface area contributed by atoms with Gasteiger partial charge < -0.3 is 9.84 Å². The lowest BCUT2D eigenvalue weighted by Gasteiger charge is -2.14. The fraction of sp³-hybridized carbons (Fsp3) is 0.467. The van der Waals surface area contributed by atoms with Crippen molar-refractivity contribution >= 4 is 0 Å². The molecule has 2 heterocycles. The van der Waals surface area contributed by atoms with Crippen molar-refractivity contribution in [3.63, 3.8) is 0 Å². The summed E-state index contributed by atoms with van der Waals surface area (Å²) < 4.78 is 7.33. The van der Waals surface area contributed by atoms with Gasteiger partial charge in [-0.15, -0.1) is 0 Å². The summed E-state index contributed by atoms with van der Waals surface area (Å²) in [6, 6.07) is 6.13. The predicted octanol–water partition coefficient (Wildman–Crippen LogP) is 2.07. The van der Waals surface area contributed by atoms with Gasteiger partial charge in [0.05, 0.1) is 12.7 Å². The van der Waals surface area contributed by atoms with Gasteiger partial charge in [-0.3, -0.25) is 0 Å². The zero-order chi connectivity index (χ0) is 14.1. The van der Waals surface area contributed by atoms with E-state index in [1.165, 1.54) is 5.56 Å². The highest BCUT2D eigenvalue weighted by molar-refractivity contribution is 5.40. The Morgan fingerprint density at radius 3 is 3.05 bits per heavy atom. The Balaban J connectivity index is 1.79. The molecule has 1 unspecified atom stereocenters. The van der Waals surface area contributed by atoms with Crippen LogP contribution in [-0.2, 0) is 12.8 Å². The average molecular weight is 273 g/mol. The number of hydrogen-bond donors (Lipinski definition) is 1. The van der Waals surface area contributed by atoms with E-state index in [4.69, 9.17) is 4.74 Å². The topological polar surface area (TPSA) is 60.2 Å². The summed E-state index contributed by atoms with van der Waals surface area (Å²) in [6.45, 7) is 4.84. The maximum absolute atomic E-state index is 10.4. The average Bonchev–Trinajstić information content (AvgIpc) is 3.05. The van der Waals surface area contributed by atoms with Crippen LogP contribution in [0, 0.1) is 0 Å². The second kappa shape index (κ2) is 5.25. The molecular weight excluding hydrogens is 254 g/mol. The SMILES string of the molecule is CC(C)n1ncnc1CC(O)c1ccc2c(c1)CCO2. The fourth-order valence-corrected chi connectivity index (χ4v) is 2.56. The molecule has 3 rings (SSSR count). The third kappa shape index (κ3) is 2.41. The number of rotatable bonds is 4. The molecular formula is C15H19N3O2. The minimum atomic E-state index is -0.567. The highest BCUT2D eigenvalue weighted by Crippen LogP contribution is 2.29. The highest BCUT2D eigenvalue weighted by atomic mass is 16.5. The van der Waals surface area contributed by atoms with Crippen LogP contribution in [0.3, 0.4) is 0 Å². The van der Waals surface area contributed by atoms with E-state index in [9.17, 15) is 5.11 Å². The number of benzene rings is 1. The van der Waals surface area contributed by atoms with E-state index in [1.54, 1.807) is 6.33 Å². The van der Waals surface area contributed by atoms with Gasteiger partial charge in [-0.1, -0.05) is 6.07 Å². The summed E-state index contributed by atoms with van der Waals surface area (Å²) in [6.07, 6.45) is 2.36. The summed E-state index contributed by atoms with van der Waals surface area (Å²) in [7, 11) is 0. The summed E-state index contributed by atoms with van der Waals surface area (Å²) in [5.74, 6) is 1.75. The number of aliphatic hydroxyl groups is 1. The molecule has 0 saturated carbocycles. The third-order valence-corrected chi connectivity index (χ3v) is 3.61. The molecule has 1 N–H and O–H groups in total. The summed E-state index contributed by atoms with van der Waals surface area (Å²) in [5.41, 5.74) is 2.08. The Kier molecular flexibility index (Phi) is 3.44. The van der Waals surface area contributed by atoms with Gasteiger partial charge in [0.2, 0.25) is 0 Å². The number of ether oxygens (including phenoxy) is 1. The summed E-state index contributed by atoms with van der Waals surface area (Å²) >= 11 is 0. The first-order chi connectivity index (χ1) is 9.65. The van der Waals surface area contributed by atoms with Crippen LogP contribution in [-0.4, -0.2) is 26.5 Å². The van der Waals surface area contributed by atoms with Crippen LogP contribution in [0.15, 0.2) is 24.5 Å². The zero-order valence-corrected chi connectivity index (χ0v) is 11.8. The van der Waals surface area contributed by atoms with Crippen molar-refractivity contribution < 1.29 is 9.84 Å². The van der Waals surface area contributed by atoms with E-state index < -0.39 is 6.10 Å². The zero-order valence-electron chi connectivity index (χ0n) is 11.8. The molecule has 0 radical (unpaired) electrons. The van der Waals surface area contributed by atoms with Gasteiger partial charge in [0.1, 0.15) is 17.9 Å². The first kappa shape index (κ1) is 13.1. The summed E-state index contributed by atoms with van der Waals surface area (Å²) in [5, 5.41) is 14.6. The standard InChI is InChI=1S/C15H19N3O2/c1-10(2)18-15(16-9-17-18)8-13(19)11-3-4-14-12(7-11)5-6-20-14/h3-4,7,9-10,13,19H,5-6,8H2,1-2H3. The lowest BCUT2D eigenvalue weighted by molar-refractivity contribution is 0.173. The van der Waals surface area contributed by atoms with Gasteiger partial charge in [-0.05, 0) is 37.1 Å². The second-order valence-electron chi connectivity index (χ2n) is 5.40. The van der Waals surface area contributed by atoms with Crippen molar-refractivity contribution in [1.29, 1.82) is 0 Å². The Bertz CT molecular complexity index is 607. The highest BCUT2D eigenvalue weighted by Gasteiger charge is 2.18. The molecule has 0 fully saturated rings. The largest absolute Gasteiger partial charge is 0.493 e.